The van der Waals surface area contributed by atoms with E-state index in [0.717, 1.165) is 37.9 Å². The van der Waals surface area contributed by atoms with Gasteiger partial charge < -0.3 is 14.8 Å². The highest BCUT2D eigenvalue weighted by Gasteiger charge is 2.26. The van der Waals surface area contributed by atoms with Crippen molar-refractivity contribution in [2.75, 3.05) is 5.32 Å². The van der Waals surface area contributed by atoms with Gasteiger partial charge in [-0.2, -0.15) is 5.26 Å². The second-order valence-electron chi connectivity index (χ2n) is 8.66. The van der Waals surface area contributed by atoms with Gasteiger partial charge in [0.15, 0.2) is 0 Å². The lowest BCUT2D eigenvalue weighted by molar-refractivity contribution is 0.161. The van der Waals surface area contributed by atoms with Gasteiger partial charge >= 0.3 is 6.03 Å². The number of carbonyl (C=O) groups excluding carboxylic acids is 1. The number of nitrogens with one attached hydrogen (secondary N) is 1. The molecule has 32 heavy (non-hydrogen) atoms. The summed E-state index contributed by atoms with van der Waals surface area (Å²) in [6, 6.07) is 22.1. The third-order valence-corrected chi connectivity index (χ3v) is 6.21. The Balaban J connectivity index is 1.54. The van der Waals surface area contributed by atoms with Crippen LogP contribution in [0.2, 0.25) is 0 Å². The minimum Gasteiger partial charge on any atom is -0.345 e. The van der Waals surface area contributed by atoms with Gasteiger partial charge in [-0.1, -0.05) is 55.2 Å². The molecule has 5 heteroatoms. The fourth-order valence-electron chi connectivity index (χ4n) is 4.55. The maximum atomic E-state index is 13.4. The van der Waals surface area contributed by atoms with Crippen LogP contribution < -0.4 is 5.32 Å². The van der Waals surface area contributed by atoms with E-state index in [2.05, 4.69) is 65.5 Å². The molecule has 1 N–H and O–H groups in total. The van der Waals surface area contributed by atoms with Crippen molar-refractivity contribution in [2.24, 2.45) is 0 Å². The van der Waals surface area contributed by atoms with Gasteiger partial charge in [0.1, 0.15) is 0 Å². The van der Waals surface area contributed by atoms with Crippen LogP contribution in [0.1, 0.15) is 54.5 Å². The Morgan fingerprint density at radius 2 is 1.91 bits per heavy atom. The van der Waals surface area contributed by atoms with E-state index in [0.29, 0.717) is 17.8 Å². The average Bonchev–Trinajstić information content (AvgIpc) is 3.24. The van der Waals surface area contributed by atoms with E-state index in [9.17, 15) is 10.1 Å². The van der Waals surface area contributed by atoms with E-state index in [-0.39, 0.29) is 12.1 Å². The molecule has 0 radical (unpaired) electrons. The summed E-state index contributed by atoms with van der Waals surface area (Å²) in [6.45, 7) is 3.46. The van der Waals surface area contributed by atoms with Gasteiger partial charge in [0.05, 0.1) is 18.2 Å². The number of urea groups is 1. The Labute approximate surface area is 190 Å². The summed E-state index contributed by atoms with van der Waals surface area (Å²) >= 11 is 0. The molecule has 4 rings (SSSR count). The molecule has 1 aliphatic carbocycles. The number of nitrogens with zero attached hydrogens (tertiary/aromatic N) is 3. The summed E-state index contributed by atoms with van der Waals surface area (Å²) in [4.78, 5) is 15.4. The van der Waals surface area contributed by atoms with E-state index >= 15 is 0 Å². The number of carbonyl (C=O) groups is 1. The monoisotopic (exact) mass is 426 g/mol. The van der Waals surface area contributed by atoms with Crippen LogP contribution in [0.4, 0.5) is 10.5 Å². The lowest BCUT2D eigenvalue weighted by Gasteiger charge is -2.34. The largest absolute Gasteiger partial charge is 0.345 e. The molecule has 2 aromatic carbocycles. The summed E-state index contributed by atoms with van der Waals surface area (Å²) in [7, 11) is 0. The van der Waals surface area contributed by atoms with Crippen LogP contribution in [-0.4, -0.2) is 21.5 Å². The van der Waals surface area contributed by atoms with Crippen molar-refractivity contribution in [3.8, 4) is 6.07 Å². The Morgan fingerprint density at radius 1 is 1.09 bits per heavy atom. The zero-order valence-corrected chi connectivity index (χ0v) is 18.6. The van der Waals surface area contributed by atoms with Crippen molar-refractivity contribution in [1.29, 1.82) is 5.26 Å². The molecule has 0 bridgehead atoms. The third-order valence-electron chi connectivity index (χ3n) is 6.21. The number of hydrogen-bond acceptors (Lipinski definition) is 2. The van der Waals surface area contributed by atoms with Crippen molar-refractivity contribution in [2.45, 2.75) is 58.2 Å². The Bertz CT molecular complexity index is 1100. The number of aryl methyl sites for hydroxylation is 1. The van der Waals surface area contributed by atoms with Crippen LogP contribution in [-0.2, 0) is 13.1 Å². The molecular weight excluding hydrogens is 396 g/mol. The summed E-state index contributed by atoms with van der Waals surface area (Å²) < 4.78 is 2.23. The van der Waals surface area contributed by atoms with Crippen molar-refractivity contribution < 1.29 is 4.79 Å². The lowest BCUT2D eigenvalue weighted by atomic mass is 9.94. The predicted molar refractivity (Wildman–Crippen MR) is 127 cm³/mol. The first kappa shape index (κ1) is 21.7. The molecule has 0 atom stereocenters. The van der Waals surface area contributed by atoms with Gasteiger partial charge in [0, 0.05) is 30.2 Å². The smallest absolute Gasteiger partial charge is 0.322 e. The molecule has 1 saturated carbocycles. The van der Waals surface area contributed by atoms with Crippen LogP contribution in [0.25, 0.3) is 0 Å². The Kier molecular flexibility index (Phi) is 6.91. The van der Waals surface area contributed by atoms with Gasteiger partial charge in [-0.25, -0.2) is 4.79 Å². The van der Waals surface area contributed by atoms with Crippen LogP contribution in [0.5, 0.6) is 0 Å². The molecule has 0 saturated heterocycles. The standard InChI is InChI=1S/C27H30N4O/c1-21-8-5-10-23(16-21)19-30-15-7-14-26(30)20-31(25-12-3-2-4-13-25)27(32)29-24-11-6-9-22(17-24)18-28/h5-11,14-17,25H,2-4,12-13,19-20H2,1H3,(H,29,32). The SMILES string of the molecule is Cc1cccc(Cn2cccc2CN(C(=O)Nc2cccc(C#N)c2)C2CCCCC2)c1. The fourth-order valence-corrected chi connectivity index (χ4v) is 4.55. The van der Waals surface area contributed by atoms with Crippen molar-refractivity contribution in [3.05, 3.63) is 89.2 Å². The third kappa shape index (κ3) is 5.39. The molecule has 3 aromatic rings. The number of anilines is 1. The molecule has 1 aromatic heterocycles. The summed E-state index contributed by atoms with van der Waals surface area (Å²) in [5, 5.41) is 12.2. The maximum absolute atomic E-state index is 13.4. The molecule has 5 nitrogen and oxygen atoms in total. The second kappa shape index (κ2) is 10.2. The summed E-state index contributed by atoms with van der Waals surface area (Å²) in [5.41, 5.74) is 4.82. The number of rotatable bonds is 6. The molecule has 1 heterocycles. The highest BCUT2D eigenvalue weighted by atomic mass is 16.2. The van der Waals surface area contributed by atoms with Crippen molar-refractivity contribution >= 4 is 11.7 Å². The first-order chi connectivity index (χ1) is 15.6. The first-order valence-electron chi connectivity index (χ1n) is 11.4. The van der Waals surface area contributed by atoms with Gasteiger partial charge in [0.2, 0.25) is 0 Å². The zero-order valence-electron chi connectivity index (χ0n) is 18.6. The van der Waals surface area contributed by atoms with Gasteiger partial charge in [0.25, 0.3) is 0 Å². The molecule has 1 aliphatic rings. The molecule has 0 unspecified atom stereocenters. The van der Waals surface area contributed by atoms with Crippen LogP contribution in [0.3, 0.4) is 0 Å². The topological polar surface area (TPSA) is 61.1 Å². The fraction of sp³-hybridized carbons (Fsp3) is 0.333. The number of amides is 2. The highest BCUT2D eigenvalue weighted by molar-refractivity contribution is 5.89. The number of aromatic nitrogens is 1. The summed E-state index contributed by atoms with van der Waals surface area (Å²) in [5.74, 6) is 0. The maximum Gasteiger partial charge on any atom is 0.322 e. The van der Waals surface area contributed by atoms with Gasteiger partial charge in [-0.3, -0.25) is 0 Å². The van der Waals surface area contributed by atoms with E-state index in [4.69, 9.17) is 0 Å². The van der Waals surface area contributed by atoms with Crippen LogP contribution >= 0.6 is 0 Å². The lowest BCUT2D eigenvalue weighted by Crippen LogP contribution is -2.43. The molecule has 0 aliphatic heterocycles. The second-order valence-corrected chi connectivity index (χ2v) is 8.66. The number of nitriles is 1. The number of benzene rings is 2. The van der Waals surface area contributed by atoms with E-state index in [1.165, 1.54) is 17.5 Å². The van der Waals surface area contributed by atoms with Gasteiger partial charge in [-0.05, 0) is 55.7 Å². The van der Waals surface area contributed by atoms with Crippen molar-refractivity contribution in [1.82, 2.24) is 9.47 Å². The van der Waals surface area contributed by atoms with Gasteiger partial charge in [-0.15, -0.1) is 0 Å². The van der Waals surface area contributed by atoms with Crippen LogP contribution in [0, 0.1) is 18.3 Å². The Hall–Kier alpha value is -3.52. The van der Waals surface area contributed by atoms with E-state index in [1.54, 1.807) is 18.2 Å². The van der Waals surface area contributed by atoms with Crippen LogP contribution in [0.15, 0.2) is 66.9 Å². The summed E-state index contributed by atoms with van der Waals surface area (Å²) in [6.07, 6.45) is 7.70. The average molecular weight is 427 g/mol. The van der Waals surface area contributed by atoms with E-state index in [1.807, 2.05) is 11.0 Å². The number of hydrogen-bond donors (Lipinski definition) is 1. The molecule has 164 valence electrons. The molecule has 2 amide bonds. The minimum absolute atomic E-state index is 0.102. The molecule has 1 fully saturated rings. The molecular formula is C27H30N4O. The quantitative estimate of drug-likeness (QED) is 0.519. The predicted octanol–water partition coefficient (Wildman–Crippen LogP) is 6.08. The van der Waals surface area contributed by atoms with E-state index < -0.39 is 0 Å². The molecule has 0 spiro atoms. The van der Waals surface area contributed by atoms with Crippen molar-refractivity contribution in [3.63, 3.8) is 0 Å². The zero-order chi connectivity index (χ0) is 22.3. The minimum atomic E-state index is -0.102. The normalized spacial score (nSPS) is 14.0. The highest BCUT2D eigenvalue weighted by Crippen LogP contribution is 2.25. The Morgan fingerprint density at radius 3 is 2.69 bits per heavy atom. The first-order valence-corrected chi connectivity index (χ1v) is 11.4.